The molecule has 0 saturated heterocycles. The molecule has 0 saturated carbocycles. The molecule has 180 valence electrons. The van der Waals surface area contributed by atoms with Crippen molar-refractivity contribution in [2.45, 2.75) is 32.4 Å². The molecule has 2 N–H and O–H groups in total. The van der Waals surface area contributed by atoms with E-state index in [2.05, 4.69) is 10.6 Å². The Balaban J connectivity index is 1.86. The molecule has 1 aromatic heterocycles. The average molecular weight is 482 g/mol. The summed E-state index contributed by atoms with van der Waals surface area (Å²) >= 11 is 0. The molecule has 0 unspecified atom stereocenters. The Morgan fingerprint density at radius 2 is 1.59 bits per heavy atom. The van der Waals surface area contributed by atoms with Crippen LogP contribution in [0.1, 0.15) is 18.9 Å². The van der Waals surface area contributed by atoms with E-state index in [4.69, 9.17) is 0 Å². The van der Waals surface area contributed by atoms with E-state index in [1.807, 2.05) is 67.6 Å². The maximum atomic E-state index is 13.3. The van der Waals surface area contributed by atoms with Crippen molar-refractivity contribution in [1.82, 2.24) is 9.88 Å². The number of aromatic nitrogens is 1. The zero-order valence-corrected chi connectivity index (χ0v) is 20.3. The van der Waals surface area contributed by atoms with Gasteiger partial charge in [-0.3, -0.25) is 9.59 Å². The van der Waals surface area contributed by atoms with Crippen LogP contribution in [0.5, 0.6) is 0 Å². The number of rotatable bonds is 11. The van der Waals surface area contributed by atoms with Gasteiger partial charge in [-0.05, 0) is 43.1 Å². The maximum absolute atomic E-state index is 13.3. The number of amides is 1. The number of benzene rings is 2. The van der Waals surface area contributed by atoms with Gasteiger partial charge in [0, 0.05) is 6.54 Å². The fraction of sp³-hybridized carbons (Fsp3) is 0.308. The van der Waals surface area contributed by atoms with Crippen LogP contribution in [0, 0.1) is 0 Å². The molecule has 34 heavy (non-hydrogen) atoms. The number of pyridine rings is 1. The van der Waals surface area contributed by atoms with Gasteiger partial charge in [-0.2, -0.15) is 0 Å². The van der Waals surface area contributed by atoms with Crippen molar-refractivity contribution >= 4 is 21.4 Å². The average Bonchev–Trinajstić information content (AvgIpc) is 2.85. The Bertz CT molecular complexity index is 1250. The Morgan fingerprint density at radius 3 is 2.21 bits per heavy atom. The number of carbonyl (C=O) groups excluding carboxylic acids is 1. The fourth-order valence-corrected chi connectivity index (χ4v) is 4.96. The summed E-state index contributed by atoms with van der Waals surface area (Å²) in [6.45, 7) is 1.87. The highest BCUT2D eigenvalue weighted by atomic mass is 32.2. The minimum absolute atomic E-state index is 0.00318. The lowest BCUT2D eigenvalue weighted by atomic mass is 10.1. The van der Waals surface area contributed by atoms with Crippen LogP contribution in [-0.2, 0) is 27.6 Å². The maximum Gasteiger partial charge on any atom is 0.274 e. The normalized spacial score (nSPS) is 12.3. The molecule has 1 atom stereocenters. The van der Waals surface area contributed by atoms with E-state index in [1.165, 1.54) is 4.57 Å². The number of nitrogens with one attached hydrogen (secondary N) is 2. The van der Waals surface area contributed by atoms with Gasteiger partial charge in [0.05, 0.1) is 23.2 Å². The van der Waals surface area contributed by atoms with Gasteiger partial charge in [0.1, 0.15) is 5.69 Å². The van der Waals surface area contributed by atoms with Crippen molar-refractivity contribution in [2.75, 3.05) is 23.9 Å². The van der Waals surface area contributed by atoms with Crippen LogP contribution in [0.2, 0.25) is 0 Å². The quantitative estimate of drug-likeness (QED) is 0.439. The molecule has 0 aliphatic carbocycles. The molecule has 0 spiro atoms. The molecule has 0 bridgehead atoms. The molecular formula is C26H31N3O4S. The predicted molar refractivity (Wildman–Crippen MR) is 137 cm³/mol. The number of hydrogen-bond acceptors (Lipinski definition) is 5. The van der Waals surface area contributed by atoms with Gasteiger partial charge in [0.15, 0.2) is 9.84 Å². The molecule has 0 fully saturated rings. The first kappa shape index (κ1) is 25.4. The first-order chi connectivity index (χ1) is 16.3. The van der Waals surface area contributed by atoms with Gasteiger partial charge in [-0.15, -0.1) is 0 Å². The lowest BCUT2D eigenvalue weighted by Gasteiger charge is -2.17. The fourth-order valence-electron chi connectivity index (χ4n) is 3.75. The first-order valence-corrected chi connectivity index (χ1v) is 13.2. The summed E-state index contributed by atoms with van der Waals surface area (Å²) in [5, 5.41) is 5.61. The SMILES string of the molecule is CC[C@H](NC)C(=O)Nc1ccc(-c2ccccc2)n(CCS(=O)(=O)CCc2ccccc2)c1=O. The Hall–Kier alpha value is -3.23. The van der Waals surface area contributed by atoms with E-state index >= 15 is 0 Å². The van der Waals surface area contributed by atoms with Crippen molar-refractivity contribution < 1.29 is 13.2 Å². The Morgan fingerprint density at radius 1 is 0.941 bits per heavy atom. The van der Waals surface area contributed by atoms with E-state index < -0.39 is 21.4 Å². The number of carbonyl (C=O) groups is 1. The first-order valence-electron chi connectivity index (χ1n) is 11.4. The minimum Gasteiger partial charge on any atom is -0.320 e. The highest BCUT2D eigenvalue weighted by Crippen LogP contribution is 2.19. The third-order valence-corrected chi connectivity index (χ3v) is 7.38. The molecule has 2 aromatic carbocycles. The Labute approximate surface area is 200 Å². The standard InChI is InChI=1S/C26H31N3O4S/c1-3-22(27-2)25(30)28-23-14-15-24(21-12-8-5-9-13-21)29(26(23)31)17-19-34(32,33)18-16-20-10-6-4-7-11-20/h4-15,22,27H,3,16-19H2,1-2H3,(H,28,30)/t22-/m0/s1. The van der Waals surface area contributed by atoms with Crippen molar-refractivity contribution in [3.8, 4) is 11.3 Å². The van der Waals surface area contributed by atoms with Crippen molar-refractivity contribution in [3.63, 3.8) is 0 Å². The largest absolute Gasteiger partial charge is 0.320 e. The lowest BCUT2D eigenvalue weighted by molar-refractivity contribution is -0.118. The zero-order valence-electron chi connectivity index (χ0n) is 19.5. The van der Waals surface area contributed by atoms with Crippen LogP contribution in [0.3, 0.4) is 0 Å². The van der Waals surface area contributed by atoms with Crippen LogP contribution in [-0.4, -0.2) is 43.5 Å². The van der Waals surface area contributed by atoms with Gasteiger partial charge in [-0.25, -0.2) is 8.42 Å². The minimum atomic E-state index is -3.41. The lowest BCUT2D eigenvalue weighted by Crippen LogP contribution is -2.39. The Kier molecular flexibility index (Phi) is 8.79. The van der Waals surface area contributed by atoms with Gasteiger partial charge in [0.25, 0.3) is 5.56 Å². The van der Waals surface area contributed by atoms with Crippen molar-refractivity contribution in [1.29, 1.82) is 0 Å². The summed E-state index contributed by atoms with van der Waals surface area (Å²) in [6, 6.07) is 21.6. The van der Waals surface area contributed by atoms with E-state index in [-0.39, 0.29) is 29.6 Å². The third-order valence-electron chi connectivity index (χ3n) is 5.75. The number of aryl methyl sites for hydroxylation is 1. The molecule has 8 heteroatoms. The summed E-state index contributed by atoms with van der Waals surface area (Å²) in [5.41, 5.74) is 2.04. The van der Waals surface area contributed by atoms with E-state index in [9.17, 15) is 18.0 Å². The molecular weight excluding hydrogens is 450 g/mol. The zero-order chi connectivity index (χ0) is 24.6. The number of sulfone groups is 1. The van der Waals surface area contributed by atoms with Crippen LogP contribution >= 0.6 is 0 Å². The third kappa shape index (κ3) is 6.65. The summed E-state index contributed by atoms with van der Waals surface area (Å²) in [7, 11) is -1.72. The van der Waals surface area contributed by atoms with Crippen molar-refractivity contribution in [2.24, 2.45) is 0 Å². The monoisotopic (exact) mass is 481 g/mol. The molecule has 0 aliphatic rings. The highest BCUT2D eigenvalue weighted by Gasteiger charge is 2.19. The van der Waals surface area contributed by atoms with Gasteiger partial charge in [-0.1, -0.05) is 67.6 Å². The number of hydrogen-bond donors (Lipinski definition) is 2. The number of likely N-dealkylation sites (N-methyl/N-ethyl adjacent to an activating group) is 1. The second-order valence-corrected chi connectivity index (χ2v) is 10.4. The summed E-state index contributed by atoms with van der Waals surface area (Å²) < 4.78 is 27.0. The number of anilines is 1. The molecule has 0 aliphatic heterocycles. The van der Waals surface area contributed by atoms with Gasteiger partial charge < -0.3 is 15.2 Å². The number of nitrogens with zero attached hydrogens (tertiary/aromatic N) is 1. The van der Waals surface area contributed by atoms with Crippen LogP contribution in [0.4, 0.5) is 5.69 Å². The van der Waals surface area contributed by atoms with Crippen LogP contribution < -0.4 is 16.2 Å². The highest BCUT2D eigenvalue weighted by molar-refractivity contribution is 7.91. The van der Waals surface area contributed by atoms with Crippen molar-refractivity contribution in [3.05, 3.63) is 88.7 Å². The molecule has 1 heterocycles. The van der Waals surface area contributed by atoms with Gasteiger partial charge in [0.2, 0.25) is 5.91 Å². The summed E-state index contributed by atoms with van der Waals surface area (Å²) in [6.07, 6.45) is 0.987. The van der Waals surface area contributed by atoms with Gasteiger partial charge >= 0.3 is 0 Å². The van der Waals surface area contributed by atoms with E-state index in [0.717, 1.165) is 11.1 Å². The van der Waals surface area contributed by atoms with Crippen LogP contribution in [0.15, 0.2) is 77.6 Å². The topological polar surface area (TPSA) is 97.3 Å². The molecule has 1 amide bonds. The molecule has 3 aromatic rings. The second-order valence-electron chi connectivity index (χ2n) is 8.08. The predicted octanol–water partition coefficient (Wildman–Crippen LogP) is 3.11. The van der Waals surface area contributed by atoms with Crippen LogP contribution in [0.25, 0.3) is 11.3 Å². The molecule has 0 radical (unpaired) electrons. The molecule has 3 rings (SSSR count). The van der Waals surface area contributed by atoms with E-state index in [0.29, 0.717) is 18.5 Å². The molecule has 7 nitrogen and oxygen atoms in total. The summed E-state index contributed by atoms with van der Waals surface area (Å²) in [5.74, 6) is -0.481. The smallest absolute Gasteiger partial charge is 0.274 e. The second kappa shape index (κ2) is 11.8. The van der Waals surface area contributed by atoms with E-state index in [1.54, 1.807) is 19.2 Å². The summed E-state index contributed by atoms with van der Waals surface area (Å²) in [4.78, 5) is 25.8.